The molecule has 2 aromatic heterocycles. The van der Waals surface area contributed by atoms with E-state index in [2.05, 4.69) is 25.3 Å². The van der Waals surface area contributed by atoms with Crippen molar-refractivity contribution in [3.8, 4) is 5.82 Å². The number of benzene rings is 2. The average molecular weight is 408 g/mol. The van der Waals surface area contributed by atoms with E-state index in [0.717, 1.165) is 11.1 Å². The standard InChI is InChI=1S/C20H20N6O2S/c1-15-11-14-26(25-15)20-10-9-19(23-24-20)21-12-13-22-29(27,28)18-8-4-6-16-5-2-3-7-17(16)18/h2-11,14,22H,12-13H2,1H3,(H,21,23). The molecule has 0 unspecified atom stereocenters. The summed E-state index contributed by atoms with van der Waals surface area (Å²) < 4.78 is 29.6. The maximum atomic E-state index is 12.7. The second-order valence-electron chi connectivity index (χ2n) is 6.48. The van der Waals surface area contributed by atoms with Crippen LogP contribution in [0.1, 0.15) is 5.69 Å². The summed E-state index contributed by atoms with van der Waals surface area (Å²) in [6.07, 6.45) is 1.81. The lowest BCUT2D eigenvalue weighted by atomic mass is 10.1. The zero-order valence-corrected chi connectivity index (χ0v) is 16.6. The molecule has 2 aromatic carbocycles. The number of sulfonamides is 1. The zero-order valence-electron chi connectivity index (χ0n) is 15.8. The van der Waals surface area contributed by atoms with Gasteiger partial charge in [-0.25, -0.2) is 17.8 Å². The van der Waals surface area contributed by atoms with Gasteiger partial charge in [0.05, 0.1) is 10.6 Å². The fraction of sp³-hybridized carbons (Fsp3) is 0.150. The number of aryl methyl sites for hydroxylation is 1. The summed E-state index contributed by atoms with van der Waals surface area (Å²) >= 11 is 0. The zero-order chi connectivity index (χ0) is 20.3. The predicted octanol–water partition coefficient (Wildman–Crippen LogP) is 2.51. The molecule has 0 bridgehead atoms. The number of fused-ring (bicyclic) bond motifs is 1. The van der Waals surface area contributed by atoms with Crippen molar-refractivity contribution >= 4 is 26.6 Å². The Bertz CT molecular complexity index is 1230. The molecule has 148 valence electrons. The van der Waals surface area contributed by atoms with Gasteiger partial charge in [-0.3, -0.25) is 0 Å². The Morgan fingerprint density at radius 3 is 2.52 bits per heavy atom. The number of hydrogen-bond donors (Lipinski definition) is 2. The van der Waals surface area contributed by atoms with Crippen LogP contribution >= 0.6 is 0 Å². The van der Waals surface area contributed by atoms with Gasteiger partial charge in [-0.2, -0.15) is 5.10 Å². The van der Waals surface area contributed by atoms with E-state index in [9.17, 15) is 8.42 Å². The summed E-state index contributed by atoms with van der Waals surface area (Å²) in [6.45, 7) is 2.49. The summed E-state index contributed by atoms with van der Waals surface area (Å²) in [5, 5.41) is 17.1. The van der Waals surface area contributed by atoms with Crippen molar-refractivity contribution in [1.82, 2.24) is 24.7 Å². The smallest absolute Gasteiger partial charge is 0.241 e. The quantitative estimate of drug-likeness (QED) is 0.456. The van der Waals surface area contributed by atoms with Gasteiger partial charge in [-0.1, -0.05) is 36.4 Å². The van der Waals surface area contributed by atoms with E-state index in [-0.39, 0.29) is 11.4 Å². The van der Waals surface area contributed by atoms with E-state index >= 15 is 0 Å². The van der Waals surface area contributed by atoms with Crippen molar-refractivity contribution in [2.75, 3.05) is 18.4 Å². The van der Waals surface area contributed by atoms with Crippen LogP contribution in [-0.4, -0.2) is 41.5 Å². The average Bonchev–Trinajstić information content (AvgIpc) is 3.17. The molecular weight excluding hydrogens is 388 g/mol. The minimum atomic E-state index is -3.62. The van der Waals surface area contributed by atoms with Gasteiger partial charge in [-0.15, -0.1) is 10.2 Å². The molecule has 0 atom stereocenters. The van der Waals surface area contributed by atoms with E-state index in [1.54, 1.807) is 35.0 Å². The Morgan fingerprint density at radius 1 is 0.931 bits per heavy atom. The van der Waals surface area contributed by atoms with E-state index < -0.39 is 10.0 Å². The van der Waals surface area contributed by atoms with E-state index in [1.807, 2.05) is 43.5 Å². The number of nitrogens with one attached hydrogen (secondary N) is 2. The lowest BCUT2D eigenvalue weighted by Crippen LogP contribution is -2.29. The first-order valence-electron chi connectivity index (χ1n) is 9.11. The van der Waals surface area contributed by atoms with E-state index in [0.29, 0.717) is 23.6 Å². The van der Waals surface area contributed by atoms with Crippen LogP contribution in [0.4, 0.5) is 5.82 Å². The van der Waals surface area contributed by atoms with Gasteiger partial charge in [0.25, 0.3) is 0 Å². The highest BCUT2D eigenvalue weighted by molar-refractivity contribution is 7.89. The summed E-state index contributed by atoms with van der Waals surface area (Å²) in [5.74, 6) is 1.17. The van der Waals surface area contributed by atoms with Crippen LogP contribution in [0, 0.1) is 6.92 Å². The number of anilines is 1. The van der Waals surface area contributed by atoms with Gasteiger partial charge in [0.2, 0.25) is 10.0 Å². The fourth-order valence-electron chi connectivity index (χ4n) is 2.97. The molecule has 29 heavy (non-hydrogen) atoms. The monoisotopic (exact) mass is 408 g/mol. The van der Waals surface area contributed by atoms with Gasteiger partial charge in [-0.05, 0) is 36.6 Å². The first-order valence-corrected chi connectivity index (χ1v) is 10.6. The first kappa shape index (κ1) is 19.0. The molecule has 0 aliphatic carbocycles. The largest absolute Gasteiger partial charge is 0.367 e. The highest BCUT2D eigenvalue weighted by Gasteiger charge is 2.16. The first-order chi connectivity index (χ1) is 14.0. The number of nitrogens with zero attached hydrogens (tertiary/aromatic N) is 4. The van der Waals surface area contributed by atoms with Crippen molar-refractivity contribution < 1.29 is 8.42 Å². The van der Waals surface area contributed by atoms with Crippen molar-refractivity contribution in [3.05, 3.63) is 72.6 Å². The van der Waals surface area contributed by atoms with Crippen LogP contribution in [0.5, 0.6) is 0 Å². The van der Waals surface area contributed by atoms with Crippen LogP contribution < -0.4 is 10.0 Å². The second kappa shape index (κ2) is 7.98. The van der Waals surface area contributed by atoms with Gasteiger partial charge < -0.3 is 5.32 Å². The topological polar surface area (TPSA) is 102 Å². The number of aromatic nitrogens is 4. The van der Waals surface area contributed by atoms with Crippen molar-refractivity contribution in [1.29, 1.82) is 0 Å². The molecule has 8 nitrogen and oxygen atoms in total. The number of rotatable bonds is 7. The van der Waals surface area contributed by atoms with Crippen LogP contribution in [-0.2, 0) is 10.0 Å². The third-order valence-corrected chi connectivity index (χ3v) is 5.89. The molecule has 0 saturated heterocycles. The molecule has 9 heteroatoms. The molecular formula is C20H20N6O2S. The van der Waals surface area contributed by atoms with Crippen molar-refractivity contribution in [2.24, 2.45) is 0 Å². The van der Waals surface area contributed by atoms with E-state index in [4.69, 9.17) is 0 Å². The third kappa shape index (κ3) is 4.25. The fourth-order valence-corrected chi connectivity index (χ4v) is 4.23. The Kier molecular flexibility index (Phi) is 5.24. The predicted molar refractivity (Wildman–Crippen MR) is 112 cm³/mol. The molecule has 2 heterocycles. The molecule has 4 aromatic rings. The highest BCUT2D eigenvalue weighted by Crippen LogP contribution is 2.22. The normalized spacial score (nSPS) is 11.6. The highest BCUT2D eigenvalue weighted by atomic mass is 32.2. The Balaban J connectivity index is 1.36. The lowest BCUT2D eigenvalue weighted by molar-refractivity contribution is 0.584. The van der Waals surface area contributed by atoms with Gasteiger partial charge in [0, 0.05) is 24.7 Å². The molecule has 0 aliphatic rings. The van der Waals surface area contributed by atoms with Crippen LogP contribution in [0.15, 0.2) is 71.8 Å². The third-order valence-electron chi connectivity index (χ3n) is 4.37. The summed E-state index contributed by atoms with van der Waals surface area (Å²) in [4.78, 5) is 0.272. The molecule has 0 spiro atoms. The SMILES string of the molecule is Cc1ccn(-c2ccc(NCCNS(=O)(=O)c3cccc4ccccc34)nn2)n1. The number of hydrogen-bond acceptors (Lipinski definition) is 6. The molecule has 0 aliphatic heterocycles. The maximum absolute atomic E-state index is 12.7. The van der Waals surface area contributed by atoms with Gasteiger partial charge in [0.15, 0.2) is 5.82 Å². The summed E-state index contributed by atoms with van der Waals surface area (Å²) in [7, 11) is -3.62. The van der Waals surface area contributed by atoms with Crippen LogP contribution in [0.3, 0.4) is 0 Å². The Hall–Kier alpha value is -3.30. The van der Waals surface area contributed by atoms with Crippen molar-refractivity contribution in [2.45, 2.75) is 11.8 Å². The van der Waals surface area contributed by atoms with Crippen LogP contribution in [0.2, 0.25) is 0 Å². The van der Waals surface area contributed by atoms with Crippen molar-refractivity contribution in [3.63, 3.8) is 0 Å². The molecule has 0 fully saturated rings. The van der Waals surface area contributed by atoms with Crippen LogP contribution in [0.25, 0.3) is 16.6 Å². The molecule has 4 rings (SSSR count). The summed E-state index contributed by atoms with van der Waals surface area (Å²) in [6, 6.07) is 18.1. The Morgan fingerprint density at radius 2 is 1.76 bits per heavy atom. The second-order valence-corrected chi connectivity index (χ2v) is 8.22. The molecule has 0 amide bonds. The molecule has 0 radical (unpaired) electrons. The summed E-state index contributed by atoms with van der Waals surface area (Å²) in [5.41, 5.74) is 0.896. The molecule has 0 saturated carbocycles. The molecule has 2 N–H and O–H groups in total. The van der Waals surface area contributed by atoms with Gasteiger partial charge >= 0.3 is 0 Å². The maximum Gasteiger partial charge on any atom is 0.241 e. The minimum absolute atomic E-state index is 0.216. The lowest BCUT2D eigenvalue weighted by Gasteiger charge is -2.10. The minimum Gasteiger partial charge on any atom is -0.367 e. The Labute approximate surface area is 168 Å². The van der Waals surface area contributed by atoms with Gasteiger partial charge in [0.1, 0.15) is 5.82 Å². The van der Waals surface area contributed by atoms with E-state index in [1.165, 1.54) is 0 Å².